The number of amides is 1. The Balaban J connectivity index is 1.75. The van der Waals surface area contributed by atoms with E-state index in [-0.39, 0.29) is 18.3 Å². The lowest BCUT2D eigenvalue weighted by atomic mass is 10.2. The van der Waals surface area contributed by atoms with E-state index in [1.54, 1.807) is 0 Å². The number of guanidine groups is 1. The van der Waals surface area contributed by atoms with Crippen molar-refractivity contribution in [3.8, 4) is 0 Å². The monoisotopic (exact) mass is 400 g/mol. The summed E-state index contributed by atoms with van der Waals surface area (Å²) < 4.78 is 38.8. The van der Waals surface area contributed by atoms with Crippen LogP contribution in [0.5, 0.6) is 0 Å². The molecule has 1 aromatic heterocycles. The molecule has 3 N–H and O–H groups in total. The number of hydrogen-bond acceptors (Lipinski definition) is 4. The molecule has 1 fully saturated rings. The van der Waals surface area contributed by atoms with Gasteiger partial charge in [0.15, 0.2) is 5.96 Å². The Kier molecular flexibility index (Phi) is 8.34. The van der Waals surface area contributed by atoms with Gasteiger partial charge in [0.05, 0.1) is 5.56 Å². The second-order valence-corrected chi connectivity index (χ2v) is 6.35. The Bertz CT molecular complexity index is 665. The number of nitrogens with zero attached hydrogens (tertiary/aromatic N) is 3. The van der Waals surface area contributed by atoms with Gasteiger partial charge in [-0.1, -0.05) is 0 Å². The van der Waals surface area contributed by atoms with Crippen molar-refractivity contribution in [3.63, 3.8) is 0 Å². The van der Waals surface area contributed by atoms with Crippen LogP contribution in [0.4, 0.5) is 19.0 Å². The number of hydrogen-bond donors (Lipinski definition) is 3. The molecular weight excluding hydrogens is 373 g/mol. The molecule has 0 spiro atoms. The molecule has 1 aliphatic rings. The zero-order valence-electron chi connectivity index (χ0n) is 16.0. The zero-order valence-corrected chi connectivity index (χ0v) is 16.0. The first kappa shape index (κ1) is 21.8. The molecule has 0 aliphatic carbocycles. The van der Waals surface area contributed by atoms with Gasteiger partial charge in [-0.05, 0) is 31.9 Å². The van der Waals surface area contributed by atoms with Crippen LogP contribution in [-0.4, -0.2) is 61.0 Å². The van der Waals surface area contributed by atoms with E-state index in [1.165, 1.54) is 12.3 Å². The minimum Gasteiger partial charge on any atom is -0.368 e. The third-order valence-corrected chi connectivity index (χ3v) is 4.19. The molecule has 1 saturated heterocycles. The summed E-state index contributed by atoms with van der Waals surface area (Å²) in [5.41, 5.74) is -0.785. The third-order valence-electron chi connectivity index (χ3n) is 4.19. The van der Waals surface area contributed by atoms with Gasteiger partial charge in [-0.25, -0.2) is 4.98 Å². The normalized spacial score (nSPS) is 15.1. The van der Waals surface area contributed by atoms with Crippen LogP contribution < -0.4 is 16.0 Å². The average Bonchev–Trinajstić information content (AvgIpc) is 3.06. The molecule has 1 aliphatic heterocycles. The van der Waals surface area contributed by atoms with Crippen molar-refractivity contribution in [2.24, 2.45) is 4.99 Å². The van der Waals surface area contributed by atoms with Crippen molar-refractivity contribution in [2.75, 3.05) is 44.6 Å². The number of rotatable bonds is 9. The number of carbonyl (C=O) groups is 1. The van der Waals surface area contributed by atoms with Crippen LogP contribution in [0.1, 0.15) is 31.7 Å². The van der Waals surface area contributed by atoms with Crippen LogP contribution in [0.3, 0.4) is 0 Å². The van der Waals surface area contributed by atoms with E-state index in [1.807, 2.05) is 11.8 Å². The largest absolute Gasteiger partial charge is 0.419 e. The van der Waals surface area contributed by atoms with Crippen molar-refractivity contribution >= 4 is 17.7 Å². The van der Waals surface area contributed by atoms with Crippen molar-refractivity contribution in [1.29, 1.82) is 0 Å². The maximum atomic E-state index is 12.9. The van der Waals surface area contributed by atoms with Gasteiger partial charge in [-0.2, -0.15) is 13.2 Å². The number of nitrogens with one attached hydrogen (secondary N) is 3. The Morgan fingerprint density at radius 1 is 1.32 bits per heavy atom. The zero-order chi connectivity index (χ0) is 20.4. The highest BCUT2D eigenvalue weighted by Gasteiger charge is 2.33. The summed E-state index contributed by atoms with van der Waals surface area (Å²) in [6.45, 7) is 5.31. The number of carbonyl (C=O) groups excluding carboxylic acids is 1. The van der Waals surface area contributed by atoms with Gasteiger partial charge < -0.3 is 20.9 Å². The Hall–Kier alpha value is -2.52. The number of pyridine rings is 1. The van der Waals surface area contributed by atoms with E-state index in [9.17, 15) is 18.0 Å². The third kappa shape index (κ3) is 6.90. The second kappa shape index (κ2) is 10.7. The standard InChI is InChI=1S/C18H27F3N6O/c1-2-22-17(25-9-5-13-27-12-4-7-15(27)28)26-11-10-24-16-14(18(19,20)21)6-3-8-23-16/h3,6,8H,2,4-5,7,9-13H2,1H3,(H,23,24)(H2,22,25,26). The Labute approximate surface area is 162 Å². The lowest BCUT2D eigenvalue weighted by Gasteiger charge is -2.16. The molecule has 0 aromatic carbocycles. The fourth-order valence-corrected chi connectivity index (χ4v) is 2.87. The predicted octanol–water partition coefficient (Wildman–Crippen LogP) is 2.08. The quantitative estimate of drug-likeness (QED) is 0.336. The highest BCUT2D eigenvalue weighted by molar-refractivity contribution is 5.79. The van der Waals surface area contributed by atoms with Crippen molar-refractivity contribution in [2.45, 2.75) is 32.4 Å². The molecule has 156 valence electrons. The maximum absolute atomic E-state index is 12.9. The number of anilines is 1. The SMILES string of the molecule is CCNC(=NCCCN1CCCC1=O)NCCNc1ncccc1C(F)(F)F. The lowest BCUT2D eigenvalue weighted by Crippen LogP contribution is -2.39. The summed E-state index contributed by atoms with van der Waals surface area (Å²) in [5, 5.41) is 8.87. The first-order valence-corrected chi connectivity index (χ1v) is 9.48. The number of alkyl halides is 3. The predicted molar refractivity (Wildman–Crippen MR) is 102 cm³/mol. The van der Waals surface area contributed by atoms with Gasteiger partial charge in [-0.15, -0.1) is 0 Å². The van der Waals surface area contributed by atoms with E-state index < -0.39 is 11.7 Å². The lowest BCUT2D eigenvalue weighted by molar-refractivity contribution is -0.137. The maximum Gasteiger partial charge on any atom is 0.419 e. The molecule has 0 bridgehead atoms. The van der Waals surface area contributed by atoms with Crippen LogP contribution in [0, 0.1) is 0 Å². The molecule has 0 radical (unpaired) electrons. The smallest absolute Gasteiger partial charge is 0.368 e. The molecular formula is C18H27F3N6O. The molecule has 1 aromatic rings. The van der Waals surface area contributed by atoms with E-state index in [0.29, 0.717) is 38.6 Å². The van der Waals surface area contributed by atoms with E-state index in [4.69, 9.17) is 0 Å². The van der Waals surface area contributed by atoms with Crippen molar-refractivity contribution in [1.82, 2.24) is 20.5 Å². The fraction of sp³-hybridized carbons (Fsp3) is 0.611. The molecule has 10 heteroatoms. The summed E-state index contributed by atoms with van der Waals surface area (Å²) in [4.78, 5) is 21.6. The van der Waals surface area contributed by atoms with Crippen LogP contribution >= 0.6 is 0 Å². The number of aromatic nitrogens is 1. The molecule has 28 heavy (non-hydrogen) atoms. The summed E-state index contributed by atoms with van der Waals surface area (Å²) in [5.74, 6) is 0.607. The number of halogens is 3. The van der Waals surface area contributed by atoms with Crippen LogP contribution in [0.15, 0.2) is 23.3 Å². The van der Waals surface area contributed by atoms with Gasteiger partial charge in [0.25, 0.3) is 0 Å². The first-order chi connectivity index (χ1) is 13.4. The topological polar surface area (TPSA) is 81.7 Å². The molecule has 2 heterocycles. The van der Waals surface area contributed by atoms with Gasteiger partial charge in [0, 0.05) is 51.9 Å². The first-order valence-electron chi connectivity index (χ1n) is 9.48. The van der Waals surface area contributed by atoms with Crippen LogP contribution in [0.2, 0.25) is 0 Å². The minimum atomic E-state index is -4.45. The van der Waals surface area contributed by atoms with Crippen LogP contribution in [0.25, 0.3) is 0 Å². The number of aliphatic imine (C=N–C) groups is 1. The fourth-order valence-electron chi connectivity index (χ4n) is 2.87. The van der Waals surface area contributed by atoms with Gasteiger partial charge >= 0.3 is 6.18 Å². The molecule has 2 rings (SSSR count). The second-order valence-electron chi connectivity index (χ2n) is 6.35. The summed E-state index contributed by atoms with van der Waals surface area (Å²) in [6.07, 6.45) is -0.805. The molecule has 0 saturated carbocycles. The summed E-state index contributed by atoms with van der Waals surface area (Å²) in [6, 6.07) is 2.26. The highest BCUT2D eigenvalue weighted by Crippen LogP contribution is 2.33. The van der Waals surface area contributed by atoms with E-state index >= 15 is 0 Å². The minimum absolute atomic E-state index is 0.186. The van der Waals surface area contributed by atoms with Gasteiger partial charge in [0.1, 0.15) is 5.82 Å². The summed E-state index contributed by atoms with van der Waals surface area (Å²) in [7, 11) is 0. The van der Waals surface area contributed by atoms with Gasteiger partial charge in [0.2, 0.25) is 5.91 Å². The van der Waals surface area contributed by atoms with Crippen LogP contribution in [-0.2, 0) is 11.0 Å². The van der Waals surface area contributed by atoms with E-state index in [0.717, 1.165) is 25.5 Å². The average molecular weight is 400 g/mol. The Morgan fingerprint density at radius 2 is 2.14 bits per heavy atom. The highest BCUT2D eigenvalue weighted by atomic mass is 19.4. The number of likely N-dealkylation sites (tertiary alicyclic amines) is 1. The van der Waals surface area contributed by atoms with E-state index in [2.05, 4.69) is 25.9 Å². The summed E-state index contributed by atoms with van der Waals surface area (Å²) >= 11 is 0. The Morgan fingerprint density at radius 3 is 2.82 bits per heavy atom. The van der Waals surface area contributed by atoms with Crippen molar-refractivity contribution in [3.05, 3.63) is 23.9 Å². The molecule has 0 atom stereocenters. The molecule has 7 nitrogen and oxygen atoms in total. The van der Waals surface area contributed by atoms with Gasteiger partial charge in [-0.3, -0.25) is 9.79 Å². The van der Waals surface area contributed by atoms with Crippen molar-refractivity contribution < 1.29 is 18.0 Å². The molecule has 1 amide bonds. The molecule has 0 unspecified atom stereocenters.